The van der Waals surface area contributed by atoms with Gasteiger partial charge in [-0.1, -0.05) is 6.07 Å². The van der Waals surface area contributed by atoms with E-state index in [9.17, 15) is 12.8 Å². The van der Waals surface area contributed by atoms with Gasteiger partial charge in [0.2, 0.25) is 0 Å². The molecule has 2 aromatic rings. The van der Waals surface area contributed by atoms with E-state index in [4.69, 9.17) is 0 Å². The van der Waals surface area contributed by atoms with E-state index in [0.29, 0.717) is 5.69 Å². The Balaban J connectivity index is 1.91. The maximum Gasteiger partial charge on any atom is 0.261 e. The fourth-order valence-corrected chi connectivity index (χ4v) is 3.97. The molecule has 0 heterocycles. The smallest absolute Gasteiger partial charge is 0.261 e. The molecule has 110 valence electrons. The Labute approximate surface area is 131 Å². The first kappa shape index (κ1) is 14.5. The number of sulfonamides is 1. The maximum atomic E-state index is 13.2. The van der Waals surface area contributed by atoms with Crippen molar-refractivity contribution in [2.45, 2.75) is 24.2 Å². The highest BCUT2D eigenvalue weighted by molar-refractivity contribution is 9.10. The van der Waals surface area contributed by atoms with Crippen LogP contribution in [0.1, 0.15) is 17.5 Å². The summed E-state index contributed by atoms with van der Waals surface area (Å²) in [7, 11) is -3.66. The lowest BCUT2D eigenvalue weighted by Gasteiger charge is -2.10. The molecule has 21 heavy (non-hydrogen) atoms. The van der Waals surface area contributed by atoms with Gasteiger partial charge in [0.1, 0.15) is 5.82 Å². The molecule has 0 saturated heterocycles. The van der Waals surface area contributed by atoms with Gasteiger partial charge in [-0.2, -0.15) is 0 Å². The Morgan fingerprint density at radius 1 is 1.05 bits per heavy atom. The molecule has 0 atom stereocenters. The average molecular weight is 370 g/mol. The van der Waals surface area contributed by atoms with Crippen LogP contribution in [-0.2, 0) is 22.9 Å². The standard InChI is InChI=1S/C15H13BrFNO2S/c16-14-9-12(5-7-15(14)17)18-21(19,20)13-6-4-10-2-1-3-11(10)8-13/h4-9,18H,1-3H2. The SMILES string of the molecule is O=S(=O)(Nc1ccc(F)c(Br)c1)c1ccc2c(c1)CCC2. The van der Waals surface area contributed by atoms with Gasteiger partial charge in [-0.15, -0.1) is 0 Å². The van der Waals surface area contributed by atoms with Gasteiger partial charge in [-0.25, -0.2) is 12.8 Å². The predicted octanol–water partition coefficient (Wildman–Crippen LogP) is 3.88. The van der Waals surface area contributed by atoms with Gasteiger partial charge < -0.3 is 0 Å². The van der Waals surface area contributed by atoms with Crippen molar-refractivity contribution in [2.24, 2.45) is 0 Å². The molecule has 3 rings (SSSR count). The maximum absolute atomic E-state index is 13.2. The molecule has 0 spiro atoms. The minimum atomic E-state index is -3.66. The second kappa shape index (κ2) is 5.42. The highest BCUT2D eigenvalue weighted by Gasteiger charge is 2.18. The topological polar surface area (TPSA) is 46.2 Å². The van der Waals surface area contributed by atoms with Crippen LogP contribution >= 0.6 is 15.9 Å². The summed E-state index contributed by atoms with van der Waals surface area (Å²) in [6.45, 7) is 0. The molecule has 6 heteroatoms. The van der Waals surface area contributed by atoms with Crippen LogP contribution in [0.3, 0.4) is 0 Å². The third-order valence-corrected chi connectivity index (χ3v) is 5.54. The van der Waals surface area contributed by atoms with E-state index in [1.165, 1.54) is 23.8 Å². The van der Waals surface area contributed by atoms with Crippen molar-refractivity contribution >= 4 is 31.6 Å². The largest absolute Gasteiger partial charge is 0.280 e. The van der Waals surface area contributed by atoms with E-state index in [0.717, 1.165) is 24.8 Å². The molecule has 1 aliphatic carbocycles. The second-order valence-corrected chi connectivity index (χ2v) is 7.56. The van der Waals surface area contributed by atoms with Gasteiger partial charge >= 0.3 is 0 Å². The molecule has 0 radical (unpaired) electrons. The number of aryl methyl sites for hydroxylation is 2. The minimum Gasteiger partial charge on any atom is -0.280 e. The third-order valence-electron chi connectivity index (χ3n) is 3.55. The first-order valence-corrected chi connectivity index (χ1v) is 8.83. The molecule has 0 bridgehead atoms. The normalized spacial score (nSPS) is 14.0. The summed E-state index contributed by atoms with van der Waals surface area (Å²) in [5.41, 5.74) is 2.64. The summed E-state index contributed by atoms with van der Waals surface area (Å²) in [6, 6.07) is 9.22. The summed E-state index contributed by atoms with van der Waals surface area (Å²) in [4.78, 5) is 0.239. The lowest BCUT2D eigenvalue weighted by atomic mass is 10.1. The molecule has 0 amide bonds. The van der Waals surface area contributed by atoms with Crippen LogP contribution in [0, 0.1) is 5.82 Å². The first-order chi connectivity index (χ1) is 9.95. The second-order valence-electron chi connectivity index (χ2n) is 5.02. The summed E-state index contributed by atoms with van der Waals surface area (Å²) < 4.78 is 40.6. The highest BCUT2D eigenvalue weighted by Crippen LogP contribution is 2.27. The summed E-state index contributed by atoms with van der Waals surface area (Å²) in [5, 5.41) is 0. The molecule has 0 unspecified atom stereocenters. The number of halogens is 2. The van der Waals surface area contributed by atoms with Gasteiger partial charge in [-0.05, 0) is 76.7 Å². The molecule has 2 aromatic carbocycles. The van der Waals surface area contributed by atoms with Crippen molar-refractivity contribution in [1.29, 1.82) is 0 Å². The summed E-state index contributed by atoms with van der Waals surface area (Å²) in [6.07, 6.45) is 2.99. The van der Waals surface area contributed by atoms with Crippen LogP contribution in [0.2, 0.25) is 0 Å². The summed E-state index contributed by atoms with van der Waals surface area (Å²) >= 11 is 3.04. The van der Waals surface area contributed by atoms with Gasteiger partial charge in [0.25, 0.3) is 10.0 Å². The van der Waals surface area contributed by atoms with Crippen molar-refractivity contribution in [3.8, 4) is 0 Å². The minimum absolute atomic E-state index is 0.219. The highest BCUT2D eigenvalue weighted by atomic mass is 79.9. The van der Waals surface area contributed by atoms with E-state index in [2.05, 4.69) is 20.7 Å². The van der Waals surface area contributed by atoms with Crippen LogP contribution in [0.4, 0.5) is 10.1 Å². The monoisotopic (exact) mass is 369 g/mol. The molecule has 1 N–H and O–H groups in total. The molecule has 0 fully saturated rings. The van der Waals surface area contributed by atoms with Crippen LogP contribution in [0.25, 0.3) is 0 Å². The average Bonchev–Trinajstić information content (AvgIpc) is 2.90. The number of rotatable bonds is 3. The molecule has 0 saturated carbocycles. The van der Waals surface area contributed by atoms with Crippen molar-refractivity contribution in [1.82, 2.24) is 0 Å². The van der Waals surface area contributed by atoms with Gasteiger partial charge in [0.05, 0.1) is 15.1 Å². The zero-order valence-electron chi connectivity index (χ0n) is 11.1. The van der Waals surface area contributed by atoms with Gasteiger partial charge in [0.15, 0.2) is 0 Å². The van der Waals surface area contributed by atoms with E-state index in [1.807, 2.05) is 6.07 Å². The fraction of sp³-hybridized carbons (Fsp3) is 0.200. The zero-order valence-corrected chi connectivity index (χ0v) is 13.5. The Hall–Kier alpha value is -1.40. The van der Waals surface area contributed by atoms with Crippen molar-refractivity contribution in [2.75, 3.05) is 4.72 Å². The van der Waals surface area contributed by atoms with Crippen molar-refractivity contribution < 1.29 is 12.8 Å². The predicted molar refractivity (Wildman–Crippen MR) is 83.4 cm³/mol. The van der Waals surface area contributed by atoms with Crippen molar-refractivity contribution in [3.63, 3.8) is 0 Å². The quantitative estimate of drug-likeness (QED) is 0.892. The molecule has 0 aliphatic heterocycles. The van der Waals surface area contributed by atoms with Gasteiger partial charge in [0, 0.05) is 0 Å². The molecule has 3 nitrogen and oxygen atoms in total. The van der Waals surface area contributed by atoms with E-state index in [1.54, 1.807) is 12.1 Å². The van der Waals surface area contributed by atoms with Gasteiger partial charge in [-0.3, -0.25) is 4.72 Å². The number of nitrogens with one attached hydrogen (secondary N) is 1. The lowest BCUT2D eigenvalue weighted by molar-refractivity contribution is 0.600. The number of fused-ring (bicyclic) bond motifs is 1. The zero-order chi connectivity index (χ0) is 15.0. The van der Waals surface area contributed by atoms with Crippen LogP contribution in [0.15, 0.2) is 45.8 Å². The molecular formula is C15H13BrFNO2S. The lowest BCUT2D eigenvalue weighted by Crippen LogP contribution is -2.13. The fourth-order valence-electron chi connectivity index (χ4n) is 2.49. The van der Waals surface area contributed by atoms with Crippen LogP contribution < -0.4 is 4.72 Å². The van der Waals surface area contributed by atoms with E-state index < -0.39 is 15.8 Å². The number of anilines is 1. The van der Waals surface area contributed by atoms with Crippen molar-refractivity contribution in [3.05, 3.63) is 57.8 Å². The summed E-state index contributed by atoms with van der Waals surface area (Å²) in [5.74, 6) is -0.435. The Kier molecular flexibility index (Phi) is 3.75. The number of hydrogen-bond acceptors (Lipinski definition) is 2. The molecule has 1 aliphatic rings. The Morgan fingerprint density at radius 2 is 1.81 bits per heavy atom. The van der Waals surface area contributed by atoms with E-state index >= 15 is 0 Å². The van der Waals surface area contributed by atoms with E-state index in [-0.39, 0.29) is 9.37 Å². The Bertz CT molecular complexity index is 805. The number of benzene rings is 2. The number of hydrogen-bond donors (Lipinski definition) is 1. The molecule has 0 aromatic heterocycles. The van der Waals surface area contributed by atoms with Crippen LogP contribution in [-0.4, -0.2) is 8.42 Å². The molecular weight excluding hydrogens is 357 g/mol. The Morgan fingerprint density at radius 3 is 2.57 bits per heavy atom. The van der Waals surface area contributed by atoms with Crippen LogP contribution in [0.5, 0.6) is 0 Å². The first-order valence-electron chi connectivity index (χ1n) is 6.55. The third kappa shape index (κ3) is 2.96.